The van der Waals surface area contributed by atoms with Gasteiger partial charge in [-0.1, -0.05) is 44.2 Å². The van der Waals surface area contributed by atoms with Crippen molar-refractivity contribution in [2.75, 3.05) is 10.2 Å². The quantitative estimate of drug-likeness (QED) is 0.755. The molecule has 3 heterocycles. The first kappa shape index (κ1) is 18.0. The Kier molecular flexibility index (Phi) is 3.70. The number of para-hydroxylation sites is 2. The Bertz CT molecular complexity index is 1070. The second kappa shape index (κ2) is 5.97. The molecule has 0 saturated carbocycles. The standard InChI is InChI=1S/C22H20FN3O3/c1-11(2)18-16-17(20(28)26(19(16)27)15-10-6-4-8-13(15)23)22(25-18)12-7-3-5-9-14(12)24-21(22)29/h3-11,16-18,25H,1-2H3,(H,24,29)/p+1/t16-,17-,18-,22-/m0/s1. The Balaban J connectivity index is 1.71. The summed E-state index contributed by atoms with van der Waals surface area (Å²) in [6.07, 6.45) is 0. The second-order valence-corrected chi connectivity index (χ2v) is 8.32. The summed E-state index contributed by atoms with van der Waals surface area (Å²) < 4.78 is 14.5. The summed E-state index contributed by atoms with van der Waals surface area (Å²) in [5, 5.41) is 4.77. The third-order valence-corrected chi connectivity index (χ3v) is 6.57. The summed E-state index contributed by atoms with van der Waals surface area (Å²) in [5.41, 5.74) is 0.0885. The minimum absolute atomic E-state index is 0.0414. The van der Waals surface area contributed by atoms with E-state index < -0.39 is 35.0 Å². The molecule has 3 aliphatic rings. The van der Waals surface area contributed by atoms with Crippen LogP contribution < -0.4 is 15.5 Å². The molecule has 0 aliphatic carbocycles. The Morgan fingerprint density at radius 2 is 1.72 bits per heavy atom. The van der Waals surface area contributed by atoms with E-state index in [0.717, 1.165) is 4.90 Å². The molecular weight excluding hydrogens is 373 g/mol. The van der Waals surface area contributed by atoms with Crippen molar-refractivity contribution in [3.8, 4) is 0 Å². The maximum Gasteiger partial charge on any atom is 0.291 e. The van der Waals surface area contributed by atoms with Crippen molar-refractivity contribution in [2.45, 2.75) is 25.4 Å². The van der Waals surface area contributed by atoms with Crippen molar-refractivity contribution >= 4 is 29.1 Å². The number of carbonyl (C=O) groups is 3. The molecule has 29 heavy (non-hydrogen) atoms. The fourth-order valence-electron chi connectivity index (χ4n) is 5.32. The molecule has 7 heteroatoms. The number of nitrogens with zero attached hydrogens (tertiary/aromatic N) is 1. The van der Waals surface area contributed by atoms with Crippen LogP contribution in [0.25, 0.3) is 0 Å². The van der Waals surface area contributed by atoms with E-state index in [4.69, 9.17) is 0 Å². The third kappa shape index (κ3) is 2.16. The van der Waals surface area contributed by atoms with Gasteiger partial charge in [-0.25, -0.2) is 9.29 Å². The molecule has 5 rings (SSSR count). The number of benzene rings is 2. The number of carbonyl (C=O) groups excluding carboxylic acids is 3. The molecule has 148 valence electrons. The molecule has 2 aromatic carbocycles. The molecule has 6 nitrogen and oxygen atoms in total. The zero-order valence-electron chi connectivity index (χ0n) is 16.1. The minimum atomic E-state index is -1.22. The van der Waals surface area contributed by atoms with E-state index in [0.29, 0.717) is 11.3 Å². The smallest absolute Gasteiger partial charge is 0.291 e. The maximum atomic E-state index is 14.5. The van der Waals surface area contributed by atoms with E-state index in [1.165, 1.54) is 18.2 Å². The summed E-state index contributed by atoms with van der Waals surface area (Å²) in [4.78, 5) is 41.2. The van der Waals surface area contributed by atoms with Gasteiger partial charge in [-0.05, 0) is 18.2 Å². The number of nitrogens with two attached hydrogens (primary N) is 1. The number of amides is 3. The maximum absolute atomic E-state index is 14.5. The van der Waals surface area contributed by atoms with E-state index in [-0.39, 0.29) is 23.6 Å². The molecule has 3 N–H and O–H groups in total. The van der Waals surface area contributed by atoms with E-state index in [1.54, 1.807) is 12.1 Å². The molecule has 4 atom stereocenters. The van der Waals surface area contributed by atoms with Gasteiger partial charge >= 0.3 is 0 Å². The molecular formula is C22H21FN3O3+. The minimum Gasteiger partial charge on any atom is -0.326 e. The number of anilines is 2. The summed E-state index contributed by atoms with van der Waals surface area (Å²) in [6.45, 7) is 3.94. The van der Waals surface area contributed by atoms with Crippen LogP contribution in [0.3, 0.4) is 0 Å². The Hall–Kier alpha value is -3.06. The molecule has 0 unspecified atom stereocenters. The number of quaternary nitrogens is 1. The summed E-state index contributed by atoms with van der Waals surface area (Å²) in [6, 6.07) is 12.7. The highest BCUT2D eigenvalue weighted by molar-refractivity contribution is 6.25. The van der Waals surface area contributed by atoms with Gasteiger partial charge in [0.15, 0.2) is 0 Å². The van der Waals surface area contributed by atoms with Crippen molar-refractivity contribution < 1.29 is 24.1 Å². The van der Waals surface area contributed by atoms with Gasteiger partial charge < -0.3 is 10.6 Å². The van der Waals surface area contributed by atoms with Gasteiger partial charge in [0, 0.05) is 11.5 Å². The summed E-state index contributed by atoms with van der Waals surface area (Å²) >= 11 is 0. The van der Waals surface area contributed by atoms with Gasteiger partial charge in [0.2, 0.25) is 17.4 Å². The largest absolute Gasteiger partial charge is 0.326 e. The zero-order chi connectivity index (χ0) is 20.5. The van der Waals surface area contributed by atoms with Crippen LogP contribution in [0, 0.1) is 23.6 Å². The van der Waals surface area contributed by atoms with Crippen molar-refractivity contribution in [1.82, 2.24) is 0 Å². The van der Waals surface area contributed by atoms with Crippen molar-refractivity contribution in [3.63, 3.8) is 0 Å². The van der Waals surface area contributed by atoms with E-state index >= 15 is 0 Å². The average Bonchev–Trinajstić information content (AvgIpc) is 3.28. The Morgan fingerprint density at radius 3 is 2.45 bits per heavy atom. The number of hydrogen-bond acceptors (Lipinski definition) is 3. The highest BCUT2D eigenvalue weighted by Gasteiger charge is 2.74. The first-order chi connectivity index (χ1) is 13.9. The summed E-state index contributed by atoms with van der Waals surface area (Å²) in [7, 11) is 0. The van der Waals surface area contributed by atoms with E-state index in [2.05, 4.69) is 5.32 Å². The number of rotatable bonds is 2. The van der Waals surface area contributed by atoms with Gasteiger partial charge in [0.25, 0.3) is 5.91 Å². The van der Waals surface area contributed by atoms with Crippen molar-refractivity contribution in [2.24, 2.45) is 17.8 Å². The molecule has 0 aromatic heterocycles. The Labute approximate surface area is 167 Å². The molecule has 0 bridgehead atoms. The molecule has 2 saturated heterocycles. The SMILES string of the molecule is CC(C)[C@@H]1[NH2+][C@]2(C(=O)Nc3ccccc32)[C@@H]2C(=O)N(c3ccccc3F)C(=O)[C@@H]21. The summed E-state index contributed by atoms with van der Waals surface area (Å²) in [5.74, 6) is -3.42. The van der Waals surface area contributed by atoms with E-state index in [1.807, 2.05) is 37.4 Å². The zero-order valence-corrected chi connectivity index (χ0v) is 16.1. The lowest BCUT2D eigenvalue weighted by Gasteiger charge is -2.27. The lowest BCUT2D eigenvalue weighted by atomic mass is 9.76. The van der Waals surface area contributed by atoms with Crippen molar-refractivity contribution in [1.29, 1.82) is 0 Å². The second-order valence-electron chi connectivity index (χ2n) is 8.32. The first-order valence-electron chi connectivity index (χ1n) is 9.77. The molecule has 0 radical (unpaired) electrons. The van der Waals surface area contributed by atoms with Crippen LogP contribution >= 0.6 is 0 Å². The monoisotopic (exact) mass is 394 g/mol. The van der Waals surface area contributed by atoms with Crippen LogP contribution in [0.15, 0.2) is 48.5 Å². The average molecular weight is 394 g/mol. The Morgan fingerprint density at radius 1 is 1.03 bits per heavy atom. The van der Waals surface area contributed by atoms with Gasteiger partial charge in [0.1, 0.15) is 23.7 Å². The molecule has 2 aromatic rings. The van der Waals surface area contributed by atoms with Crippen LogP contribution in [0.5, 0.6) is 0 Å². The molecule has 3 amide bonds. The predicted octanol–water partition coefficient (Wildman–Crippen LogP) is 1.38. The lowest BCUT2D eigenvalue weighted by Crippen LogP contribution is -2.99. The fraction of sp³-hybridized carbons (Fsp3) is 0.318. The molecule has 2 fully saturated rings. The van der Waals surface area contributed by atoms with Gasteiger partial charge in [-0.15, -0.1) is 0 Å². The number of fused-ring (bicyclic) bond motifs is 4. The van der Waals surface area contributed by atoms with Crippen LogP contribution in [0.4, 0.5) is 15.8 Å². The normalized spacial score (nSPS) is 30.3. The number of imide groups is 1. The first-order valence-corrected chi connectivity index (χ1v) is 9.77. The van der Waals surface area contributed by atoms with E-state index in [9.17, 15) is 18.8 Å². The third-order valence-electron chi connectivity index (χ3n) is 6.57. The topological polar surface area (TPSA) is 83.1 Å². The predicted molar refractivity (Wildman–Crippen MR) is 103 cm³/mol. The fourth-order valence-corrected chi connectivity index (χ4v) is 5.32. The van der Waals surface area contributed by atoms with Crippen LogP contribution in [0.1, 0.15) is 19.4 Å². The highest BCUT2D eigenvalue weighted by atomic mass is 19.1. The molecule has 3 aliphatic heterocycles. The van der Waals surface area contributed by atoms with Crippen LogP contribution in [-0.4, -0.2) is 23.8 Å². The highest BCUT2D eigenvalue weighted by Crippen LogP contribution is 2.50. The van der Waals surface area contributed by atoms with Crippen LogP contribution in [-0.2, 0) is 19.9 Å². The van der Waals surface area contributed by atoms with Gasteiger partial charge in [0.05, 0.1) is 11.4 Å². The van der Waals surface area contributed by atoms with Gasteiger partial charge in [-0.2, -0.15) is 0 Å². The molecule has 1 spiro atoms. The number of halogens is 1. The van der Waals surface area contributed by atoms with Crippen LogP contribution in [0.2, 0.25) is 0 Å². The lowest BCUT2D eigenvalue weighted by molar-refractivity contribution is -0.738. The van der Waals surface area contributed by atoms with Gasteiger partial charge in [-0.3, -0.25) is 14.4 Å². The number of hydrogen-bond donors (Lipinski definition) is 2. The number of nitrogens with one attached hydrogen (secondary N) is 1. The van der Waals surface area contributed by atoms with Crippen molar-refractivity contribution in [3.05, 3.63) is 59.9 Å².